The average molecular weight is 439 g/mol. The molecule has 1 heterocycles. The number of anilines is 1. The molecular formula is C24H26N2O4S. The highest BCUT2D eigenvalue weighted by atomic mass is 32.2. The van der Waals surface area contributed by atoms with Crippen molar-refractivity contribution in [3.63, 3.8) is 0 Å². The number of nitrogens with zero attached hydrogens (tertiary/aromatic N) is 2. The second kappa shape index (κ2) is 8.32. The van der Waals surface area contributed by atoms with Gasteiger partial charge >= 0.3 is 0 Å². The molecule has 4 rings (SSSR count). The van der Waals surface area contributed by atoms with Crippen LogP contribution in [0.2, 0.25) is 0 Å². The van der Waals surface area contributed by atoms with Crippen molar-refractivity contribution < 1.29 is 17.9 Å². The van der Waals surface area contributed by atoms with Gasteiger partial charge in [-0.05, 0) is 48.1 Å². The molecule has 31 heavy (non-hydrogen) atoms. The summed E-state index contributed by atoms with van der Waals surface area (Å²) < 4.78 is 32.2. The predicted molar refractivity (Wildman–Crippen MR) is 122 cm³/mol. The van der Waals surface area contributed by atoms with Crippen LogP contribution in [0.25, 0.3) is 10.8 Å². The number of carbonyl (C=O) groups is 1. The Morgan fingerprint density at radius 3 is 2.58 bits per heavy atom. The molecular weight excluding hydrogens is 412 g/mol. The SMILES string of the molecule is CCC(Oc1cccc2ccccc12)C(=O)N1CCc2cc(S(=O)(=O)N(C)C)ccc21. The molecule has 0 bridgehead atoms. The number of ether oxygens (including phenoxy) is 1. The topological polar surface area (TPSA) is 66.9 Å². The Hall–Kier alpha value is -2.90. The Labute approximate surface area is 183 Å². The van der Waals surface area contributed by atoms with Crippen LogP contribution in [0.4, 0.5) is 5.69 Å². The number of hydrogen-bond acceptors (Lipinski definition) is 4. The van der Waals surface area contributed by atoms with Crippen molar-refractivity contribution >= 4 is 32.4 Å². The van der Waals surface area contributed by atoms with Gasteiger partial charge in [0.05, 0.1) is 4.90 Å². The van der Waals surface area contributed by atoms with E-state index in [1.54, 1.807) is 23.1 Å². The summed E-state index contributed by atoms with van der Waals surface area (Å²) in [5.41, 5.74) is 1.61. The standard InChI is InChI=1S/C24H26N2O4S/c1-4-22(30-23-11-7-9-17-8-5-6-10-20(17)23)24(27)26-15-14-18-16-19(12-13-21(18)26)31(28,29)25(2)3/h5-13,16,22H,4,14-15H2,1-3H3. The second-order valence-corrected chi connectivity index (χ2v) is 9.96. The number of benzene rings is 3. The molecule has 6 nitrogen and oxygen atoms in total. The van der Waals surface area contributed by atoms with Crippen LogP contribution in [-0.4, -0.2) is 45.4 Å². The molecule has 3 aromatic carbocycles. The molecule has 0 saturated carbocycles. The van der Waals surface area contributed by atoms with Crippen molar-refractivity contribution in [3.05, 3.63) is 66.2 Å². The van der Waals surface area contributed by atoms with E-state index in [9.17, 15) is 13.2 Å². The van der Waals surface area contributed by atoms with Crippen molar-refractivity contribution in [1.82, 2.24) is 4.31 Å². The maximum atomic E-state index is 13.3. The molecule has 162 valence electrons. The van der Waals surface area contributed by atoms with E-state index in [4.69, 9.17) is 4.74 Å². The molecule has 0 N–H and O–H groups in total. The maximum absolute atomic E-state index is 13.3. The number of carbonyl (C=O) groups excluding carboxylic acids is 1. The molecule has 0 saturated heterocycles. The smallest absolute Gasteiger partial charge is 0.268 e. The third kappa shape index (κ3) is 3.91. The largest absolute Gasteiger partial charge is 0.480 e. The van der Waals surface area contributed by atoms with E-state index in [1.807, 2.05) is 49.4 Å². The first-order chi connectivity index (χ1) is 14.8. The normalized spacial score (nSPS) is 14.6. The predicted octanol–water partition coefficient (Wildman–Crippen LogP) is 3.84. The molecule has 0 radical (unpaired) electrons. The summed E-state index contributed by atoms with van der Waals surface area (Å²) in [6, 6.07) is 18.7. The summed E-state index contributed by atoms with van der Waals surface area (Å²) in [5.74, 6) is 0.572. The van der Waals surface area contributed by atoms with Gasteiger partial charge in [0.2, 0.25) is 10.0 Å². The molecule has 1 aliphatic rings. The monoisotopic (exact) mass is 438 g/mol. The molecule has 1 amide bonds. The second-order valence-electron chi connectivity index (χ2n) is 7.81. The van der Waals surface area contributed by atoms with Gasteiger partial charge in [-0.1, -0.05) is 43.3 Å². The van der Waals surface area contributed by atoms with E-state index in [0.717, 1.165) is 22.0 Å². The number of amides is 1. The molecule has 1 atom stereocenters. The lowest BCUT2D eigenvalue weighted by Crippen LogP contribution is -2.41. The van der Waals surface area contributed by atoms with Crippen molar-refractivity contribution in [3.8, 4) is 5.75 Å². The van der Waals surface area contributed by atoms with Gasteiger partial charge in [-0.25, -0.2) is 12.7 Å². The average Bonchev–Trinajstić information content (AvgIpc) is 3.20. The van der Waals surface area contributed by atoms with E-state index in [1.165, 1.54) is 18.4 Å². The minimum Gasteiger partial charge on any atom is -0.480 e. The van der Waals surface area contributed by atoms with Crippen LogP contribution < -0.4 is 9.64 Å². The van der Waals surface area contributed by atoms with Crippen LogP contribution in [-0.2, 0) is 21.2 Å². The zero-order valence-corrected chi connectivity index (χ0v) is 18.7. The highest BCUT2D eigenvalue weighted by molar-refractivity contribution is 7.89. The highest BCUT2D eigenvalue weighted by Crippen LogP contribution is 2.33. The summed E-state index contributed by atoms with van der Waals surface area (Å²) in [5, 5.41) is 2.03. The quantitative estimate of drug-likeness (QED) is 0.587. The van der Waals surface area contributed by atoms with E-state index < -0.39 is 16.1 Å². The zero-order chi connectivity index (χ0) is 22.2. The van der Waals surface area contributed by atoms with Gasteiger partial charge in [-0.3, -0.25) is 4.79 Å². The summed E-state index contributed by atoms with van der Waals surface area (Å²) in [6.07, 6.45) is 0.519. The minimum absolute atomic E-state index is 0.114. The first-order valence-electron chi connectivity index (χ1n) is 10.3. The minimum atomic E-state index is -3.51. The summed E-state index contributed by atoms with van der Waals surface area (Å²) in [7, 11) is -0.496. The third-order valence-electron chi connectivity index (χ3n) is 5.66. The Morgan fingerprint density at radius 1 is 1.10 bits per heavy atom. The molecule has 0 fully saturated rings. The molecule has 7 heteroatoms. The number of sulfonamides is 1. The fourth-order valence-electron chi connectivity index (χ4n) is 3.91. The van der Waals surface area contributed by atoms with Gasteiger partial charge < -0.3 is 9.64 Å². The van der Waals surface area contributed by atoms with Crippen LogP contribution in [0, 0.1) is 0 Å². The molecule has 0 aliphatic carbocycles. The first-order valence-corrected chi connectivity index (χ1v) is 11.8. The zero-order valence-electron chi connectivity index (χ0n) is 17.9. The lowest BCUT2D eigenvalue weighted by molar-refractivity contribution is -0.125. The number of fused-ring (bicyclic) bond motifs is 2. The van der Waals surface area contributed by atoms with Gasteiger partial charge in [0.25, 0.3) is 5.91 Å². The van der Waals surface area contributed by atoms with Gasteiger partial charge in [0.15, 0.2) is 6.10 Å². The van der Waals surface area contributed by atoms with Crippen molar-refractivity contribution in [1.29, 1.82) is 0 Å². The van der Waals surface area contributed by atoms with Gasteiger partial charge in [-0.2, -0.15) is 0 Å². The van der Waals surface area contributed by atoms with Gasteiger partial charge in [-0.15, -0.1) is 0 Å². The Kier molecular flexibility index (Phi) is 5.73. The summed E-state index contributed by atoms with van der Waals surface area (Å²) >= 11 is 0. The number of hydrogen-bond donors (Lipinski definition) is 0. The first kappa shape index (κ1) is 21.3. The van der Waals surface area contributed by atoms with Crippen LogP contribution in [0.1, 0.15) is 18.9 Å². The van der Waals surface area contributed by atoms with Crippen molar-refractivity contribution in [2.45, 2.75) is 30.8 Å². The molecule has 0 aromatic heterocycles. The fourth-order valence-corrected chi connectivity index (χ4v) is 4.87. The van der Waals surface area contributed by atoms with E-state index in [2.05, 4.69) is 0 Å². The molecule has 1 unspecified atom stereocenters. The van der Waals surface area contributed by atoms with Crippen LogP contribution in [0.5, 0.6) is 5.75 Å². The Morgan fingerprint density at radius 2 is 1.84 bits per heavy atom. The van der Waals surface area contributed by atoms with Gasteiger partial charge in [0, 0.05) is 31.7 Å². The van der Waals surface area contributed by atoms with E-state index in [0.29, 0.717) is 25.1 Å². The molecule has 1 aliphatic heterocycles. The number of rotatable bonds is 6. The summed E-state index contributed by atoms with van der Waals surface area (Å²) in [4.78, 5) is 15.3. The Balaban J connectivity index is 1.60. The van der Waals surface area contributed by atoms with E-state index in [-0.39, 0.29) is 10.8 Å². The van der Waals surface area contributed by atoms with Crippen LogP contribution in [0.3, 0.4) is 0 Å². The third-order valence-corrected chi connectivity index (χ3v) is 7.47. The maximum Gasteiger partial charge on any atom is 0.268 e. The van der Waals surface area contributed by atoms with Gasteiger partial charge in [0.1, 0.15) is 5.75 Å². The fraction of sp³-hybridized carbons (Fsp3) is 0.292. The van der Waals surface area contributed by atoms with Crippen molar-refractivity contribution in [2.75, 3.05) is 25.5 Å². The Bertz CT molecular complexity index is 1230. The summed E-state index contributed by atoms with van der Waals surface area (Å²) in [6.45, 7) is 2.44. The molecule has 3 aromatic rings. The lowest BCUT2D eigenvalue weighted by atomic mass is 10.1. The lowest BCUT2D eigenvalue weighted by Gasteiger charge is -2.25. The van der Waals surface area contributed by atoms with Crippen molar-refractivity contribution in [2.24, 2.45) is 0 Å². The van der Waals surface area contributed by atoms with Crippen LogP contribution >= 0.6 is 0 Å². The van der Waals surface area contributed by atoms with Crippen LogP contribution in [0.15, 0.2) is 65.6 Å². The highest BCUT2D eigenvalue weighted by Gasteiger charge is 2.32. The van der Waals surface area contributed by atoms with E-state index >= 15 is 0 Å². The molecule has 0 spiro atoms.